The van der Waals surface area contributed by atoms with Gasteiger partial charge >= 0.3 is 0 Å². The highest BCUT2D eigenvalue weighted by atomic mass is 16.5. The SMILES string of the molecule is COc1ccc(-c2cc(=O)[nH]c(N3CCN(C(c4ccccc4)c4ccccc4)CC3)n2)cc1. The number of hydrogen-bond donors (Lipinski definition) is 1. The number of H-pyrrole nitrogens is 1. The van der Waals surface area contributed by atoms with Crippen LogP contribution < -0.4 is 15.2 Å². The lowest BCUT2D eigenvalue weighted by Gasteiger charge is -2.40. The highest BCUT2D eigenvalue weighted by Crippen LogP contribution is 2.30. The van der Waals surface area contributed by atoms with Crippen LogP contribution in [0.1, 0.15) is 17.2 Å². The molecule has 0 unspecified atom stereocenters. The Bertz CT molecular complexity index is 1230. The van der Waals surface area contributed by atoms with Crippen molar-refractivity contribution in [2.75, 3.05) is 38.2 Å². The molecule has 2 heterocycles. The molecule has 0 spiro atoms. The zero-order chi connectivity index (χ0) is 23.3. The largest absolute Gasteiger partial charge is 0.497 e. The molecule has 1 N–H and O–H groups in total. The van der Waals surface area contributed by atoms with E-state index in [1.165, 1.54) is 11.1 Å². The van der Waals surface area contributed by atoms with Crippen molar-refractivity contribution in [3.63, 3.8) is 0 Å². The van der Waals surface area contributed by atoms with Gasteiger partial charge in [-0.1, -0.05) is 60.7 Å². The van der Waals surface area contributed by atoms with Gasteiger partial charge in [0.05, 0.1) is 18.8 Å². The summed E-state index contributed by atoms with van der Waals surface area (Å²) >= 11 is 0. The van der Waals surface area contributed by atoms with Crippen molar-refractivity contribution in [2.45, 2.75) is 6.04 Å². The summed E-state index contributed by atoms with van der Waals surface area (Å²) in [7, 11) is 1.64. The van der Waals surface area contributed by atoms with Gasteiger partial charge in [0.15, 0.2) is 0 Å². The van der Waals surface area contributed by atoms with Gasteiger partial charge < -0.3 is 9.64 Å². The fraction of sp³-hybridized carbons (Fsp3) is 0.214. The second-order valence-electron chi connectivity index (χ2n) is 8.43. The van der Waals surface area contributed by atoms with Crippen LogP contribution in [0.5, 0.6) is 5.75 Å². The smallest absolute Gasteiger partial charge is 0.252 e. The molecule has 6 heteroatoms. The standard InChI is InChI=1S/C28H28N4O2/c1-34-24-14-12-21(13-15-24)25-20-26(33)30-28(29-25)32-18-16-31(17-19-32)27(22-8-4-2-5-9-22)23-10-6-3-7-11-23/h2-15,20,27H,16-19H2,1H3,(H,29,30,33). The number of benzene rings is 3. The number of piperazine rings is 1. The summed E-state index contributed by atoms with van der Waals surface area (Å²) in [6, 6.07) is 30.6. The number of anilines is 1. The Morgan fingerprint density at radius 1 is 0.824 bits per heavy atom. The number of rotatable bonds is 6. The zero-order valence-electron chi connectivity index (χ0n) is 19.2. The minimum absolute atomic E-state index is 0.148. The van der Waals surface area contributed by atoms with Crippen molar-refractivity contribution in [2.24, 2.45) is 0 Å². The van der Waals surface area contributed by atoms with Crippen LogP contribution in [-0.2, 0) is 0 Å². The molecule has 0 aliphatic carbocycles. The average Bonchev–Trinajstić information content (AvgIpc) is 2.90. The first-order valence-corrected chi connectivity index (χ1v) is 11.6. The molecule has 1 saturated heterocycles. The van der Waals surface area contributed by atoms with Crippen LogP contribution in [-0.4, -0.2) is 48.2 Å². The molecule has 0 amide bonds. The van der Waals surface area contributed by atoms with Gasteiger partial charge in [-0.3, -0.25) is 14.7 Å². The van der Waals surface area contributed by atoms with Crippen molar-refractivity contribution in [3.05, 3.63) is 112 Å². The number of nitrogens with zero attached hydrogens (tertiary/aromatic N) is 3. The van der Waals surface area contributed by atoms with Gasteiger partial charge in [0.1, 0.15) is 5.75 Å². The molecule has 1 aromatic heterocycles. The zero-order valence-corrected chi connectivity index (χ0v) is 19.2. The second kappa shape index (κ2) is 9.93. The first-order chi connectivity index (χ1) is 16.7. The van der Waals surface area contributed by atoms with Gasteiger partial charge in [-0.25, -0.2) is 4.98 Å². The van der Waals surface area contributed by atoms with Gasteiger partial charge in [-0.05, 0) is 35.4 Å². The monoisotopic (exact) mass is 452 g/mol. The summed E-state index contributed by atoms with van der Waals surface area (Å²) in [5.41, 5.74) is 3.98. The lowest BCUT2D eigenvalue weighted by Crippen LogP contribution is -2.48. The van der Waals surface area contributed by atoms with Crippen molar-refractivity contribution in [1.82, 2.24) is 14.9 Å². The van der Waals surface area contributed by atoms with Crippen molar-refractivity contribution < 1.29 is 4.74 Å². The number of aromatic nitrogens is 2. The van der Waals surface area contributed by atoms with Crippen LogP contribution in [0.15, 0.2) is 95.8 Å². The van der Waals surface area contributed by atoms with Crippen molar-refractivity contribution in [1.29, 1.82) is 0 Å². The van der Waals surface area contributed by atoms with Gasteiger partial charge in [0.2, 0.25) is 5.95 Å². The van der Waals surface area contributed by atoms with Crippen molar-refractivity contribution in [3.8, 4) is 17.0 Å². The summed E-state index contributed by atoms with van der Waals surface area (Å²) in [4.78, 5) is 24.8. The topological polar surface area (TPSA) is 61.5 Å². The third-order valence-electron chi connectivity index (χ3n) is 6.32. The third kappa shape index (κ3) is 4.72. The summed E-state index contributed by atoms with van der Waals surface area (Å²) in [5.74, 6) is 1.39. The minimum atomic E-state index is -0.148. The van der Waals surface area contributed by atoms with E-state index in [9.17, 15) is 4.79 Å². The predicted octanol–water partition coefficient (Wildman–Crippen LogP) is 4.36. The van der Waals surface area contributed by atoms with E-state index >= 15 is 0 Å². The summed E-state index contributed by atoms with van der Waals surface area (Å²) in [6.45, 7) is 3.30. The molecule has 6 nitrogen and oxygen atoms in total. The van der Waals surface area contributed by atoms with E-state index in [2.05, 4.69) is 75.4 Å². The van der Waals surface area contributed by atoms with E-state index in [4.69, 9.17) is 9.72 Å². The molecule has 0 bridgehead atoms. The summed E-state index contributed by atoms with van der Waals surface area (Å²) in [6.07, 6.45) is 0. The molecule has 1 aliphatic heterocycles. The molecular weight excluding hydrogens is 424 g/mol. The highest BCUT2D eigenvalue weighted by molar-refractivity contribution is 5.61. The predicted molar refractivity (Wildman–Crippen MR) is 135 cm³/mol. The van der Waals surface area contributed by atoms with Crippen LogP contribution in [0.3, 0.4) is 0 Å². The molecule has 172 valence electrons. The molecule has 3 aromatic carbocycles. The molecule has 1 aliphatic rings. The Balaban J connectivity index is 1.36. The number of aromatic amines is 1. The quantitative estimate of drug-likeness (QED) is 0.471. The van der Waals surface area contributed by atoms with Gasteiger partial charge in [0, 0.05) is 37.8 Å². The maximum atomic E-state index is 12.4. The molecule has 0 radical (unpaired) electrons. The van der Waals surface area contributed by atoms with Crippen LogP contribution in [0, 0.1) is 0 Å². The second-order valence-corrected chi connectivity index (χ2v) is 8.43. The fourth-order valence-corrected chi connectivity index (χ4v) is 4.58. The third-order valence-corrected chi connectivity index (χ3v) is 6.32. The first kappa shape index (κ1) is 21.9. The van der Waals surface area contributed by atoms with Crippen LogP contribution >= 0.6 is 0 Å². The Kier molecular flexibility index (Phi) is 6.40. The Labute approximate surface area is 199 Å². The lowest BCUT2D eigenvalue weighted by atomic mass is 9.96. The first-order valence-electron chi connectivity index (χ1n) is 11.6. The number of nitrogens with one attached hydrogen (secondary N) is 1. The van der Waals surface area contributed by atoms with E-state index in [0.717, 1.165) is 37.5 Å². The fourth-order valence-electron chi connectivity index (χ4n) is 4.58. The van der Waals surface area contributed by atoms with Crippen molar-refractivity contribution >= 4 is 5.95 Å². The van der Waals surface area contributed by atoms with Gasteiger partial charge in [-0.2, -0.15) is 0 Å². The molecule has 1 fully saturated rings. The Hall–Kier alpha value is -3.90. The van der Waals surface area contributed by atoms with Crippen LogP contribution in [0.4, 0.5) is 5.95 Å². The maximum absolute atomic E-state index is 12.4. The number of ether oxygens (including phenoxy) is 1. The van der Waals surface area contributed by atoms with Crippen LogP contribution in [0.2, 0.25) is 0 Å². The number of methoxy groups -OCH3 is 1. The van der Waals surface area contributed by atoms with Crippen LogP contribution in [0.25, 0.3) is 11.3 Å². The Morgan fingerprint density at radius 2 is 1.41 bits per heavy atom. The molecular formula is C28H28N4O2. The molecule has 0 saturated carbocycles. The molecule has 4 aromatic rings. The van der Waals surface area contributed by atoms with E-state index in [0.29, 0.717) is 11.6 Å². The van der Waals surface area contributed by atoms with E-state index in [-0.39, 0.29) is 11.6 Å². The molecule has 0 atom stereocenters. The van der Waals surface area contributed by atoms with E-state index < -0.39 is 0 Å². The molecule has 34 heavy (non-hydrogen) atoms. The highest BCUT2D eigenvalue weighted by Gasteiger charge is 2.27. The average molecular weight is 453 g/mol. The molecule has 5 rings (SSSR count). The summed E-state index contributed by atoms with van der Waals surface area (Å²) < 4.78 is 5.24. The maximum Gasteiger partial charge on any atom is 0.252 e. The van der Waals surface area contributed by atoms with E-state index in [1.807, 2.05) is 24.3 Å². The van der Waals surface area contributed by atoms with Gasteiger partial charge in [0.25, 0.3) is 5.56 Å². The minimum Gasteiger partial charge on any atom is -0.497 e. The van der Waals surface area contributed by atoms with Gasteiger partial charge in [-0.15, -0.1) is 0 Å². The number of hydrogen-bond acceptors (Lipinski definition) is 5. The Morgan fingerprint density at radius 3 is 1.97 bits per heavy atom. The summed E-state index contributed by atoms with van der Waals surface area (Å²) in [5, 5.41) is 0. The van der Waals surface area contributed by atoms with E-state index in [1.54, 1.807) is 13.2 Å². The lowest BCUT2D eigenvalue weighted by molar-refractivity contribution is 0.211. The normalized spacial score (nSPS) is 14.4.